The van der Waals surface area contributed by atoms with Crippen molar-refractivity contribution in [3.63, 3.8) is 0 Å². The summed E-state index contributed by atoms with van der Waals surface area (Å²) in [5.74, 6) is 0. The number of hydrogen-bond donors (Lipinski definition) is 0. The number of allylic oxidation sites excluding steroid dienone is 1. The molecule has 0 N–H and O–H groups in total. The molecule has 0 saturated carbocycles. The standard InChI is InChI=1S/C22H42OS/c1-6-7-8-9-11-14-17-20(2)24-21(23)18-15-12-10-13-16-19-22(3,4)5/h14,17,20H,6-13,15-16,18-19H2,1-5H3/b17-14-. The highest BCUT2D eigenvalue weighted by molar-refractivity contribution is 8.14. The molecule has 0 aromatic carbocycles. The lowest BCUT2D eigenvalue weighted by Crippen LogP contribution is -2.03. The van der Waals surface area contributed by atoms with Crippen LogP contribution in [0, 0.1) is 5.41 Å². The highest BCUT2D eigenvalue weighted by Crippen LogP contribution is 2.23. The minimum absolute atomic E-state index is 0.329. The molecule has 1 nitrogen and oxygen atoms in total. The summed E-state index contributed by atoms with van der Waals surface area (Å²) in [6, 6.07) is 0. The van der Waals surface area contributed by atoms with E-state index in [1.165, 1.54) is 69.5 Å². The largest absolute Gasteiger partial charge is 0.287 e. The van der Waals surface area contributed by atoms with Crippen molar-refractivity contribution in [2.75, 3.05) is 0 Å². The zero-order valence-electron chi connectivity index (χ0n) is 17.0. The fourth-order valence-corrected chi connectivity index (χ4v) is 3.60. The predicted molar refractivity (Wildman–Crippen MR) is 112 cm³/mol. The number of hydrogen-bond acceptors (Lipinski definition) is 2. The molecule has 0 aliphatic carbocycles. The van der Waals surface area contributed by atoms with Crippen LogP contribution in [-0.4, -0.2) is 10.4 Å². The first-order valence-electron chi connectivity index (χ1n) is 10.2. The first kappa shape index (κ1) is 23.8. The van der Waals surface area contributed by atoms with E-state index in [1.807, 2.05) is 0 Å². The lowest BCUT2D eigenvalue weighted by Gasteiger charge is -2.17. The average molecular weight is 355 g/mol. The van der Waals surface area contributed by atoms with Crippen LogP contribution in [0.1, 0.15) is 112 Å². The molecule has 0 fully saturated rings. The van der Waals surface area contributed by atoms with Gasteiger partial charge in [-0.2, -0.15) is 0 Å². The maximum atomic E-state index is 12.0. The molecule has 0 aromatic heterocycles. The maximum absolute atomic E-state index is 12.0. The summed E-state index contributed by atoms with van der Waals surface area (Å²) >= 11 is 1.51. The van der Waals surface area contributed by atoms with Gasteiger partial charge in [-0.1, -0.05) is 96.6 Å². The summed E-state index contributed by atoms with van der Waals surface area (Å²) < 4.78 is 0. The molecule has 0 rings (SSSR count). The van der Waals surface area contributed by atoms with Gasteiger partial charge in [0.2, 0.25) is 0 Å². The van der Waals surface area contributed by atoms with Crippen molar-refractivity contribution in [2.24, 2.45) is 5.41 Å². The van der Waals surface area contributed by atoms with Gasteiger partial charge in [0.1, 0.15) is 0 Å². The Labute approximate surface area is 156 Å². The van der Waals surface area contributed by atoms with Crippen molar-refractivity contribution in [3.05, 3.63) is 12.2 Å². The molecule has 1 atom stereocenters. The van der Waals surface area contributed by atoms with E-state index in [4.69, 9.17) is 0 Å². The second-order valence-corrected chi connectivity index (χ2v) is 9.74. The van der Waals surface area contributed by atoms with Gasteiger partial charge in [-0.3, -0.25) is 4.79 Å². The molecule has 0 saturated heterocycles. The fourth-order valence-electron chi connectivity index (χ4n) is 2.74. The fraction of sp³-hybridized carbons (Fsp3) is 0.864. The van der Waals surface area contributed by atoms with E-state index in [9.17, 15) is 4.79 Å². The molecule has 0 aliphatic rings. The summed E-state index contributed by atoms with van der Waals surface area (Å²) in [5.41, 5.74) is 0.465. The van der Waals surface area contributed by atoms with E-state index in [1.54, 1.807) is 0 Å². The molecule has 0 amide bonds. The van der Waals surface area contributed by atoms with Crippen molar-refractivity contribution in [1.82, 2.24) is 0 Å². The van der Waals surface area contributed by atoms with Crippen LogP contribution in [0.5, 0.6) is 0 Å². The summed E-state index contributed by atoms with van der Waals surface area (Å²) in [7, 11) is 0. The molecular formula is C22H42OS. The smallest absolute Gasteiger partial charge is 0.189 e. The van der Waals surface area contributed by atoms with Gasteiger partial charge in [0.15, 0.2) is 5.12 Å². The minimum Gasteiger partial charge on any atom is -0.287 e. The molecule has 0 bridgehead atoms. The number of rotatable bonds is 14. The lowest BCUT2D eigenvalue weighted by atomic mass is 9.89. The Hall–Kier alpha value is -0.240. The van der Waals surface area contributed by atoms with Gasteiger partial charge < -0.3 is 0 Å². The van der Waals surface area contributed by atoms with Gasteiger partial charge in [0, 0.05) is 11.7 Å². The molecular weight excluding hydrogens is 312 g/mol. The molecule has 142 valence electrons. The van der Waals surface area contributed by atoms with Crippen molar-refractivity contribution < 1.29 is 4.79 Å². The van der Waals surface area contributed by atoms with Crippen LogP contribution >= 0.6 is 11.8 Å². The Balaban J connectivity index is 3.52. The highest BCUT2D eigenvalue weighted by atomic mass is 32.2. The Kier molecular flexibility index (Phi) is 14.9. The van der Waals surface area contributed by atoms with Crippen LogP contribution in [0.4, 0.5) is 0 Å². The molecule has 2 heteroatoms. The van der Waals surface area contributed by atoms with Crippen molar-refractivity contribution in [2.45, 2.75) is 117 Å². The van der Waals surface area contributed by atoms with E-state index < -0.39 is 0 Å². The van der Waals surface area contributed by atoms with Gasteiger partial charge in [0.25, 0.3) is 0 Å². The summed E-state index contributed by atoms with van der Waals surface area (Å²) in [6.07, 6.45) is 19.1. The van der Waals surface area contributed by atoms with E-state index in [2.05, 4.69) is 46.8 Å². The summed E-state index contributed by atoms with van der Waals surface area (Å²) in [4.78, 5) is 12.0. The molecule has 24 heavy (non-hydrogen) atoms. The lowest BCUT2D eigenvalue weighted by molar-refractivity contribution is -0.111. The Morgan fingerprint density at radius 3 is 2.25 bits per heavy atom. The SMILES string of the molecule is CCCCCC/C=C\C(C)SC(=O)CCCCCCCC(C)(C)C. The van der Waals surface area contributed by atoms with Crippen LogP contribution in [0.25, 0.3) is 0 Å². The first-order valence-corrected chi connectivity index (χ1v) is 11.1. The van der Waals surface area contributed by atoms with E-state index in [0.717, 1.165) is 19.3 Å². The summed E-state index contributed by atoms with van der Waals surface area (Å²) in [5, 5.41) is 0.697. The van der Waals surface area contributed by atoms with E-state index in [-0.39, 0.29) is 0 Å². The van der Waals surface area contributed by atoms with Crippen LogP contribution in [-0.2, 0) is 4.79 Å². The highest BCUT2D eigenvalue weighted by Gasteiger charge is 2.09. The Morgan fingerprint density at radius 1 is 0.958 bits per heavy atom. The van der Waals surface area contributed by atoms with E-state index in [0.29, 0.717) is 15.8 Å². The van der Waals surface area contributed by atoms with Gasteiger partial charge in [-0.15, -0.1) is 0 Å². The number of carbonyl (C=O) groups is 1. The zero-order chi connectivity index (χ0) is 18.3. The van der Waals surface area contributed by atoms with Crippen LogP contribution in [0.3, 0.4) is 0 Å². The van der Waals surface area contributed by atoms with Crippen molar-refractivity contribution >= 4 is 16.9 Å². The quantitative estimate of drug-likeness (QED) is 0.232. The Morgan fingerprint density at radius 2 is 1.58 bits per heavy atom. The van der Waals surface area contributed by atoms with Crippen LogP contribution in [0.15, 0.2) is 12.2 Å². The molecule has 0 aliphatic heterocycles. The zero-order valence-corrected chi connectivity index (χ0v) is 17.9. The third-order valence-corrected chi connectivity index (χ3v) is 5.25. The van der Waals surface area contributed by atoms with Gasteiger partial charge >= 0.3 is 0 Å². The molecule has 0 spiro atoms. The normalized spacial score (nSPS) is 13.5. The number of thioether (sulfide) groups is 1. The molecule has 1 unspecified atom stereocenters. The van der Waals surface area contributed by atoms with Crippen LogP contribution < -0.4 is 0 Å². The second-order valence-electron chi connectivity index (χ2n) is 8.30. The topological polar surface area (TPSA) is 17.1 Å². The van der Waals surface area contributed by atoms with Gasteiger partial charge in [-0.05, 0) is 38.0 Å². The monoisotopic (exact) mass is 354 g/mol. The number of carbonyl (C=O) groups excluding carboxylic acids is 1. The average Bonchev–Trinajstić information content (AvgIpc) is 2.48. The number of unbranched alkanes of at least 4 members (excludes halogenated alkanes) is 8. The third kappa shape index (κ3) is 18.1. The Bertz CT molecular complexity index is 327. The van der Waals surface area contributed by atoms with E-state index >= 15 is 0 Å². The van der Waals surface area contributed by atoms with Gasteiger partial charge in [-0.25, -0.2) is 0 Å². The van der Waals surface area contributed by atoms with Crippen molar-refractivity contribution in [1.29, 1.82) is 0 Å². The maximum Gasteiger partial charge on any atom is 0.189 e. The first-order chi connectivity index (χ1) is 11.3. The molecule has 0 aromatic rings. The summed E-state index contributed by atoms with van der Waals surface area (Å²) in [6.45, 7) is 11.3. The third-order valence-electron chi connectivity index (χ3n) is 4.26. The molecule has 0 heterocycles. The van der Waals surface area contributed by atoms with Gasteiger partial charge in [0.05, 0.1) is 0 Å². The minimum atomic E-state index is 0.329. The van der Waals surface area contributed by atoms with Crippen molar-refractivity contribution in [3.8, 4) is 0 Å². The molecule has 0 radical (unpaired) electrons. The predicted octanol–water partition coefficient (Wildman–Crippen LogP) is 7.94. The van der Waals surface area contributed by atoms with Crippen LogP contribution in [0.2, 0.25) is 0 Å². The second kappa shape index (κ2) is 15.0.